The molecule has 0 aromatic heterocycles. The van der Waals surface area contributed by atoms with Gasteiger partial charge in [-0.05, 0) is 102 Å². The Labute approximate surface area is 450 Å². The van der Waals surface area contributed by atoms with Crippen LogP contribution in [0, 0.1) is 23.7 Å². The molecule has 428 valence electrons. The highest BCUT2D eigenvalue weighted by molar-refractivity contribution is 5.76. The van der Waals surface area contributed by atoms with Crippen molar-refractivity contribution < 1.29 is 67.9 Å². The van der Waals surface area contributed by atoms with Crippen molar-refractivity contribution in [3.8, 4) is 0 Å². The van der Waals surface area contributed by atoms with Crippen molar-refractivity contribution in [2.24, 2.45) is 23.7 Å². The smallest absolute Gasteiger partial charge is 0.335 e. The average molecular weight is 1060 g/mol. The molecular weight excluding hydrogens is 957 g/mol. The van der Waals surface area contributed by atoms with E-state index in [1.54, 1.807) is 0 Å². The summed E-state index contributed by atoms with van der Waals surface area (Å²) in [6, 6.07) is 0. The Morgan fingerprint density at radius 3 is 2.24 bits per heavy atom. The van der Waals surface area contributed by atoms with Gasteiger partial charge in [0.2, 0.25) is 5.79 Å². The summed E-state index contributed by atoms with van der Waals surface area (Å²) in [5.41, 5.74) is -0.595. The number of unbranched alkanes of at least 4 members (excludes halogenated alkanes) is 12. The quantitative estimate of drug-likeness (QED) is 0.0384. The van der Waals surface area contributed by atoms with E-state index in [-0.39, 0.29) is 42.5 Å². The van der Waals surface area contributed by atoms with Crippen molar-refractivity contribution in [1.29, 1.82) is 0 Å². The molecule has 6 fully saturated rings. The number of fused-ring (bicyclic) bond motifs is 1. The molecule has 7 aliphatic heterocycles. The van der Waals surface area contributed by atoms with Gasteiger partial charge in [-0.15, -0.1) is 0 Å². The van der Waals surface area contributed by atoms with Crippen LogP contribution in [-0.4, -0.2) is 123 Å². The summed E-state index contributed by atoms with van der Waals surface area (Å²) in [6.45, 7) is 19.1. The number of carboxylic acids is 1. The monoisotopic (exact) mass is 1060 g/mol. The Balaban J connectivity index is 0.900. The fourth-order valence-electron chi connectivity index (χ4n) is 13.5. The van der Waals surface area contributed by atoms with Crippen LogP contribution in [0.4, 0.5) is 0 Å². The highest BCUT2D eigenvalue weighted by Crippen LogP contribution is 2.49. The van der Waals surface area contributed by atoms with Gasteiger partial charge in [-0.2, -0.15) is 0 Å². The Hall–Kier alpha value is -2.24. The van der Waals surface area contributed by atoms with Gasteiger partial charge in [0.1, 0.15) is 18.3 Å². The zero-order chi connectivity index (χ0) is 54.0. The standard InChI is InChI=1S/C61H100O14/c1-9-10-11-12-13-14-15-16-17-18-19-20-21-24-52(63)70-51-28-27-47(39-58(8,67)57(65)66)72-61(51)38-40(2)36-50(73-61)41(3)25-26-46-30-32-59(71-46)33-31-49-56(74-59)53(64)45(7)55(69-49)48(62)37-43(5)54-42(4)29-34-60(75-54)44(6)23-22-35-68-60/h25-26,38,41-44,46-51,53-56,62,64,67H,7,9-24,27-37,39H2,1-6,8H3,(H,65,66)/b26-25+/t41-,42-,43+,44-,46+,47+,48+,49-,50-,51-,53-,54+,55+,56-,58-,59-,60-,61+/m1/s1. The van der Waals surface area contributed by atoms with E-state index in [9.17, 15) is 30.0 Å². The van der Waals surface area contributed by atoms with E-state index in [2.05, 4.69) is 53.3 Å². The molecule has 0 saturated carbocycles. The molecule has 75 heavy (non-hydrogen) atoms. The molecule has 6 saturated heterocycles. The molecule has 7 heterocycles. The van der Waals surface area contributed by atoms with Crippen LogP contribution in [0.15, 0.2) is 36.0 Å². The predicted molar refractivity (Wildman–Crippen MR) is 286 cm³/mol. The van der Waals surface area contributed by atoms with Gasteiger partial charge in [-0.25, -0.2) is 4.79 Å². The molecule has 0 bridgehead atoms. The Morgan fingerprint density at radius 1 is 0.880 bits per heavy atom. The lowest BCUT2D eigenvalue weighted by molar-refractivity contribution is -0.334. The lowest BCUT2D eigenvalue weighted by Gasteiger charge is -2.51. The molecule has 14 nitrogen and oxygen atoms in total. The van der Waals surface area contributed by atoms with Gasteiger partial charge in [-0.3, -0.25) is 4.79 Å². The van der Waals surface area contributed by atoms with E-state index in [4.69, 9.17) is 37.9 Å². The van der Waals surface area contributed by atoms with Crippen LogP contribution in [0.5, 0.6) is 0 Å². The predicted octanol–water partition coefficient (Wildman–Crippen LogP) is 11.5. The summed E-state index contributed by atoms with van der Waals surface area (Å²) >= 11 is 0. The lowest BCUT2D eigenvalue weighted by Crippen LogP contribution is -2.60. The number of aliphatic hydroxyl groups excluding tert-OH is 2. The Morgan fingerprint density at radius 2 is 1.56 bits per heavy atom. The highest BCUT2D eigenvalue weighted by Gasteiger charge is 2.56. The zero-order valence-corrected chi connectivity index (χ0v) is 47.2. The topological polar surface area (TPSA) is 189 Å². The van der Waals surface area contributed by atoms with Crippen molar-refractivity contribution in [2.75, 3.05) is 6.61 Å². The van der Waals surface area contributed by atoms with Crippen molar-refractivity contribution in [3.63, 3.8) is 0 Å². The van der Waals surface area contributed by atoms with E-state index in [0.29, 0.717) is 81.8 Å². The van der Waals surface area contributed by atoms with Gasteiger partial charge < -0.3 is 58.3 Å². The van der Waals surface area contributed by atoms with E-state index in [0.717, 1.165) is 50.5 Å². The van der Waals surface area contributed by atoms with Crippen LogP contribution >= 0.6 is 0 Å². The van der Waals surface area contributed by atoms with Crippen molar-refractivity contribution in [2.45, 2.75) is 306 Å². The minimum atomic E-state index is -2.01. The number of hydrogen-bond acceptors (Lipinski definition) is 13. The number of carbonyl (C=O) groups is 2. The molecule has 7 aliphatic rings. The number of hydrogen-bond donors (Lipinski definition) is 4. The van der Waals surface area contributed by atoms with Gasteiger partial charge in [0.15, 0.2) is 23.3 Å². The molecule has 0 aromatic carbocycles. The second kappa shape index (κ2) is 27.3. The zero-order valence-electron chi connectivity index (χ0n) is 47.2. The van der Waals surface area contributed by atoms with Crippen molar-refractivity contribution >= 4 is 11.9 Å². The van der Waals surface area contributed by atoms with Crippen LogP contribution in [0.25, 0.3) is 0 Å². The van der Waals surface area contributed by atoms with E-state index in [1.807, 2.05) is 13.0 Å². The first kappa shape index (κ1) is 60.4. The summed E-state index contributed by atoms with van der Waals surface area (Å²) in [7, 11) is 0. The summed E-state index contributed by atoms with van der Waals surface area (Å²) in [5, 5.41) is 44.0. The van der Waals surface area contributed by atoms with Gasteiger partial charge in [0.05, 0.1) is 43.2 Å². The molecule has 7 rings (SSSR count). The van der Waals surface area contributed by atoms with Gasteiger partial charge in [0, 0.05) is 43.9 Å². The number of rotatable bonds is 25. The van der Waals surface area contributed by atoms with Crippen molar-refractivity contribution in [1.82, 2.24) is 0 Å². The number of aliphatic carboxylic acids is 1. The molecule has 18 atom stereocenters. The first-order valence-electron chi connectivity index (χ1n) is 30.0. The third-order valence-corrected chi connectivity index (χ3v) is 18.2. The SMILES string of the molecule is C=C1[C@@H](O)[C@@H]2O[C@]3(CC[C@H](/C=C/[C@@H](C)[C@H]4CC(C)=C[C@]5(O[C@H](C[C@@](C)(O)C(=O)O)CC[C@H]5OC(=O)CCCCCCCCCCCCCCC)O4)O3)CC[C@H]2O[C@@H]1[C@@H](O)C[C@H](C)[C@H]1O[C@@]2(CC[C@H]1C)OCCC[C@H]2C. The fraction of sp³-hybridized carbons (Fsp3) is 0.869. The summed E-state index contributed by atoms with van der Waals surface area (Å²) < 4.78 is 52.8. The molecular formula is C61H100O14. The molecule has 0 unspecified atom stereocenters. The fourth-order valence-corrected chi connectivity index (χ4v) is 13.5. The van der Waals surface area contributed by atoms with Crippen LogP contribution < -0.4 is 0 Å². The van der Waals surface area contributed by atoms with Gasteiger partial charge in [-0.1, -0.05) is 136 Å². The Bertz CT molecular complexity index is 1900. The van der Waals surface area contributed by atoms with Gasteiger partial charge in [0.25, 0.3) is 0 Å². The molecule has 0 radical (unpaired) electrons. The first-order valence-corrected chi connectivity index (χ1v) is 30.0. The third kappa shape index (κ3) is 15.6. The minimum absolute atomic E-state index is 0.0279. The van der Waals surface area contributed by atoms with Gasteiger partial charge >= 0.3 is 11.9 Å². The molecule has 0 amide bonds. The second-order valence-corrected chi connectivity index (χ2v) is 24.8. The normalized spacial score (nSPS) is 38.3. The van der Waals surface area contributed by atoms with Crippen molar-refractivity contribution in [3.05, 3.63) is 36.0 Å². The van der Waals surface area contributed by atoms with E-state index < -0.39 is 71.7 Å². The van der Waals surface area contributed by atoms with E-state index >= 15 is 0 Å². The number of aliphatic hydroxyl groups is 3. The molecule has 3 spiro atoms. The third-order valence-electron chi connectivity index (χ3n) is 18.2. The number of esters is 1. The maximum atomic E-state index is 13.5. The van der Waals surface area contributed by atoms with E-state index in [1.165, 1.54) is 71.1 Å². The summed E-state index contributed by atoms with van der Waals surface area (Å²) in [6.07, 6.45) is 24.5. The van der Waals surface area contributed by atoms with Crippen LogP contribution in [0.3, 0.4) is 0 Å². The highest BCUT2D eigenvalue weighted by atomic mass is 16.7. The summed E-state index contributed by atoms with van der Waals surface area (Å²) in [4.78, 5) is 25.4. The maximum Gasteiger partial charge on any atom is 0.335 e. The molecule has 0 aliphatic carbocycles. The maximum absolute atomic E-state index is 13.5. The molecule has 0 aromatic rings. The lowest BCUT2D eigenvalue weighted by atomic mass is 9.78. The number of carboxylic acid groups (broad SMARTS) is 1. The number of carbonyl (C=O) groups excluding carboxylic acids is 1. The summed E-state index contributed by atoms with van der Waals surface area (Å²) in [5.74, 6) is -4.00. The average Bonchev–Trinajstić information content (AvgIpc) is 3.78. The van der Waals surface area contributed by atoms with Crippen LogP contribution in [-0.2, 0) is 47.5 Å². The Kier molecular flexibility index (Phi) is 22.0. The minimum Gasteiger partial charge on any atom is -0.479 e. The van der Waals surface area contributed by atoms with Crippen LogP contribution in [0.2, 0.25) is 0 Å². The number of ether oxygens (including phenoxy) is 8. The first-order chi connectivity index (χ1) is 35.8. The largest absolute Gasteiger partial charge is 0.479 e. The van der Waals surface area contributed by atoms with Crippen LogP contribution in [0.1, 0.15) is 222 Å². The molecule has 14 heteroatoms. The molecule has 4 N–H and O–H groups in total. The second-order valence-electron chi connectivity index (χ2n) is 24.8.